The van der Waals surface area contributed by atoms with E-state index >= 15 is 0 Å². The fourth-order valence-electron chi connectivity index (χ4n) is 1.99. The van der Waals surface area contributed by atoms with E-state index < -0.39 is 5.91 Å². The Morgan fingerprint density at radius 1 is 1.19 bits per heavy atom. The van der Waals surface area contributed by atoms with Gasteiger partial charge in [0.25, 0.3) is 11.8 Å². The van der Waals surface area contributed by atoms with Crippen molar-refractivity contribution in [3.8, 4) is 5.75 Å². The standard InChI is InChI=1S/C19H20BrN3O3/c1-2-10-26-17-8-6-15(7-9-17)19(25)21-13-18(24)23-22-12-14-4-3-5-16(20)11-14/h3-9,11-12H,2,10,13H2,1H3,(H,21,25)(H,23,24)/b22-12-. The predicted octanol–water partition coefficient (Wildman–Crippen LogP) is 3.12. The first kappa shape index (κ1) is 19.7. The molecule has 6 nitrogen and oxygen atoms in total. The number of benzene rings is 2. The normalized spacial score (nSPS) is 10.5. The molecule has 2 rings (SSSR count). The van der Waals surface area contributed by atoms with Crippen molar-refractivity contribution in [1.29, 1.82) is 0 Å². The van der Waals surface area contributed by atoms with Gasteiger partial charge in [0.15, 0.2) is 0 Å². The quantitative estimate of drug-likeness (QED) is 0.511. The molecule has 2 amide bonds. The number of nitrogens with one attached hydrogen (secondary N) is 2. The molecule has 0 saturated carbocycles. The summed E-state index contributed by atoms with van der Waals surface area (Å²) in [5, 5.41) is 6.41. The second-order valence-corrected chi connectivity index (χ2v) is 6.32. The molecule has 26 heavy (non-hydrogen) atoms. The van der Waals surface area contributed by atoms with Crippen LogP contribution in [0.5, 0.6) is 5.75 Å². The van der Waals surface area contributed by atoms with Crippen LogP contribution in [0.2, 0.25) is 0 Å². The Morgan fingerprint density at radius 2 is 1.96 bits per heavy atom. The van der Waals surface area contributed by atoms with Crippen LogP contribution in [0.1, 0.15) is 29.3 Å². The Labute approximate surface area is 160 Å². The van der Waals surface area contributed by atoms with Gasteiger partial charge in [0.1, 0.15) is 5.75 Å². The van der Waals surface area contributed by atoms with E-state index in [1.54, 1.807) is 24.3 Å². The molecule has 0 fully saturated rings. The second kappa shape index (κ2) is 10.4. The minimum atomic E-state index is -0.410. The van der Waals surface area contributed by atoms with Gasteiger partial charge in [0.05, 0.1) is 19.4 Å². The summed E-state index contributed by atoms with van der Waals surface area (Å²) in [6.45, 7) is 2.49. The van der Waals surface area contributed by atoms with Gasteiger partial charge in [-0.2, -0.15) is 5.10 Å². The van der Waals surface area contributed by atoms with E-state index in [9.17, 15) is 9.59 Å². The molecule has 2 aromatic carbocycles. The largest absolute Gasteiger partial charge is 0.494 e. The lowest BCUT2D eigenvalue weighted by atomic mass is 10.2. The molecular formula is C19H20BrN3O3. The highest BCUT2D eigenvalue weighted by atomic mass is 79.9. The number of carbonyl (C=O) groups excluding carboxylic acids is 2. The highest BCUT2D eigenvalue weighted by Gasteiger charge is 2.07. The molecule has 0 aliphatic carbocycles. The predicted molar refractivity (Wildman–Crippen MR) is 104 cm³/mol. The lowest BCUT2D eigenvalue weighted by Crippen LogP contribution is -2.34. The van der Waals surface area contributed by atoms with Crippen molar-refractivity contribution >= 4 is 34.0 Å². The van der Waals surface area contributed by atoms with E-state index in [0.29, 0.717) is 17.9 Å². The van der Waals surface area contributed by atoms with Crippen molar-refractivity contribution < 1.29 is 14.3 Å². The van der Waals surface area contributed by atoms with E-state index in [-0.39, 0.29) is 12.5 Å². The zero-order valence-electron chi connectivity index (χ0n) is 14.4. The Morgan fingerprint density at radius 3 is 2.65 bits per heavy atom. The van der Waals surface area contributed by atoms with E-state index in [1.807, 2.05) is 31.2 Å². The molecule has 0 unspecified atom stereocenters. The summed E-state index contributed by atoms with van der Waals surface area (Å²) in [6.07, 6.45) is 2.45. The first-order valence-corrected chi connectivity index (χ1v) is 8.96. The van der Waals surface area contributed by atoms with Crippen LogP contribution in [0.3, 0.4) is 0 Å². The third kappa shape index (κ3) is 6.68. The number of hydrogen-bond acceptors (Lipinski definition) is 4. The van der Waals surface area contributed by atoms with Crippen molar-refractivity contribution in [2.24, 2.45) is 5.10 Å². The monoisotopic (exact) mass is 417 g/mol. The Hall–Kier alpha value is -2.67. The Kier molecular flexibility index (Phi) is 7.82. The van der Waals surface area contributed by atoms with E-state index in [0.717, 1.165) is 16.5 Å². The lowest BCUT2D eigenvalue weighted by molar-refractivity contribution is -0.120. The average molecular weight is 418 g/mol. The van der Waals surface area contributed by atoms with Gasteiger partial charge in [-0.15, -0.1) is 0 Å². The van der Waals surface area contributed by atoms with Gasteiger partial charge in [-0.25, -0.2) is 5.43 Å². The summed E-state index contributed by atoms with van der Waals surface area (Å²) < 4.78 is 6.38. The third-order valence-corrected chi connectivity index (χ3v) is 3.74. The van der Waals surface area contributed by atoms with E-state index in [4.69, 9.17) is 4.74 Å². The highest BCUT2D eigenvalue weighted by Crippen LogP contribution is 2.12. The van der Waals surface area contributed by atoms with Crippen LogP contribution in [0, 0.1) is 0 Å². The molecule has 0 aliphatic heterocycles. The van der Waals surface area contributed by atoms with Crippen molar-refractivity contribution in [1.82, 2.24) is 10.7 Å². The fraction of sp³-hybridized carbons (Fsp3) is 0.211. The molecule has 0 aromatic heterocycles. The highest BCUT2D eigenvalue weighted by molar-refractivity contribution is 9.10. The van der Waals surface area contributed by atoms with Crippen molar-refractivity contribution in [3.05, 3.63) is 64.1 Å². The molecule has 0 saturated heterocycles. The van der Waals surface area contributed by atoms with Gasteiger partial charge in [0, 0.05) is 10.0 Å². The van der Waals surface area contributed by atoms with Crippen molar-refractivity contribution in [3.63, 3.8) is 0 Å². The SMILES string of the molecule is CCCOc1ccc(C(=O)NCC(=O)N/N=C\c2cccc(Br)c2)cc1. The number of rotatable bonds is 8. The zero-order chi connectivity index (χ0) is 18.8. The summed E-state index contributed by atoms with van der Waals surface area (Å²) in [4.78, 5) is 23.8. The van der Waals surface area contributed by atoms with E-state index in [2.05, 4.69) is 31.8 Å². The summed E-state index contributed by atoms with van der Waals surface area (Å²) in [5.74, 6) is -0.0336. The summed E-state index contributed by atoms with van der Waals surface area (Å²) in [5.41, 5.74) is 3.67. The van der Waals surface area contributed by atoms with Gasteiger partial charge in [-0.3, -0.25) is 9.59 Å². The van der Waals surface area contributed by atoms with E-state index in [1.165, 1.54) is 6.21 Å². The molecule has 0 aliphatic rings. The smallest absolute Gasteiger partial charge is 0.259 e. The first-order chi connectivity index (χ1) is 12.6. The third-order valence-electron chi connectivity index (χ3n) is 3.25. The topological polar surface area (TPSA) is 79.8 Å². The summed E-state index contributed by atoms with van der Waals surface area (Å²) >= 11 is 3.36. The van der Waals surface area contributed by atoms with Crippen molar-refractivity contribution in [2.45, 2.75) is 13.3 Å². The van der Waals surface area contributed by atoms with Gasteiger partial charge in [0.2, 0.25) is 0 Å². The van der Waals surface area contributed by atoms with Crippen molar-refractivity contribution in [2.75, 3.05) is 13.2 Å². The molecular weight excluding hydrogens is 398 g/mol. The first-order valence-electron chi connectivity index (χ1n) is 8.17. The molecule has 0 heterocycles. The van der Waals surface area contributed by atoms with Crippen LogP contribution in [-0.2, 0) is 4.79 Å². The molecule has 0 spiro atoms. The zero-order valence-corrected chi connectivity index (χ0v) is 16.0. The summed E-state index contributed by atoms with van der Waals surface area (Å²) in [6, 6.07) is 14.3. The molecule has 0 radical (unpaired) electrons. The van der Waals surface area contributed by atoms with Crippen LogP contribution < -0.4 is 15.5 Å². The average Bonchev–Trinajstić information content (AvgIpc) is 2.65. The summed E-state index contributed by atoms with van der Waals surface area (Å²) in [7, 11) is 0. The maximum atomic E-state index is 12.0. The van der Waals surface area contributed by atoms with Gasteiger partial charge < -0.3 is 10.1 Å². The molecule has 136 valence electrons. The van der Waals surface area contributed by atoms with Crippen LogP contribution in [0.25, 0.3) is 0 Å². The number of carbonyl (C=O) groups is 2. The number of nitrogens with zero attached hydrogens (tertiary/aromatic N) is 1. The van der Waals surface area contributed by atoms with Crippen LogP contribution in [-0.4, -0.2) is 31.2 Å². The number of hydrogen-bond donors (Lipinski definition) is 2. The maximum absolute atomic E-state index is 12.0. The van der Waals surface area contributed by atoms with Gasteiger partial charge >= 0.3 is 0 Å². The second-order valence-electron chi connectivity index (χ2n) is 5.40. The molecule has 0 bridgehead atoms. The number of halogens is 1. The molecule has 7 heteroatoms. The van der Waals surface area contributed by atoms with Gasteiger partial charge in [-0.1, -0.05) is 35.0 Å². The maximum Gasteiger partial charge on any atom is 0.259 e. The van der Waals surface area contributed by atoms with Crippen LogP contribution in [0.4, 0.5) is 0 Å². The number of ether oxygens (including phenoxy) is 1. The van der Waals surface area contributed by atoms with Gasteiger partial charge in [-0.05, 0) is 48.4 Å². The number of hydrazone groups is 1. The fourth-order valence-corrected chi connectivity index (χ4v) is 2.41. The minimum Gasteiger partial charge on any atom is -0.494 e. The molecule has 2 N–H and O–H groups in total. The molecule has 2 aromatic rings. The lowest BCUT2D eigenvalue weighted by Gasteiger charge is -2.07. The Balaban J connectivity index is 1.76. The van der Waals surface area contributed by atoms with Crippen LogP contribution in [0.15, 0.2) is 58.1 Å². The minimum absolute atomic E-state index is 0.164. The Bertz CT molecular complexity index is 776. The van der Waals surface area contributed by atoms with Crippen LogP contribution >= 0.6 is 15.9 Å². The molecule has 0 atom stereocenters. The number of amides is 2.